The molecule has 10 heteroatoms. The minimum Gasteiger partial charge on any atom is -0.461 e. The monoisotopic (exact) mass is 571 g/mol. The quantitative estimate of drug-likeness (QED) is 0.534. The number of anilines is 2. The maximum atomic E-state index is 14.5. The number of halogens is 1. The zero-order chi connectivity index (χ0) is 28.9. The molecule has 9 nitrogen and oxygen atoms in total. The molecule has 4 aliphatic heterocycles. The molecule has 1 spiro atoms. The Morgan fingerprint density at radius 3 is 2.88 bits per heavy atom. The normalized spacial score (nSPS) is 30.6. The lowest BCUT2D eigenvalue weighted by Gasteiger charge is -2.43. The molecule has 1 aromatic heterocycles. The third-order valence-corrected chi connectivity index (χ3v) is 10.4. The highest BCUT2D eigenvalue weighted by atomic mass is 19.1. The summed E-state index contributed by atoms with van der Waals surface area (Å²) in [5.41, 5.74) is 10.1. The van der Waals surface area contributed by atoms with Gasteiger partial charge in [0, 0.05) is 55.2 Å². The summed E-state index contributed by atoms with van der Waals surface area (Å²) >= 11 is 0. The van der Waals surface area contributed by atoms with Crippen LogP contribution in [0.15, 0.2) is 12.1 Å². The molecule has 0 bridgehead atoms. The molecular formula is C32H38FN7O2. The second kappa shape index (κ2) is 10.7. The summed E-state index contributed by atoms with van der Waals surface area (Å²) in [6, 6.07) is 8.97. The first-order valence-electron chi connectivity index (χ1n) is 15.5. The smallest absolute Gasteiger partial charge is 0.318 e. The first-order chi connectivity index (χ1) is 20.4. The third kappa shape index (κ3) is 4.56. The number of nitrogens with two attached hydrogens (primary N) is 1. The Hall–Kier alpha value is -3.47. The van der Waals surface area contributed by atoms with E-state index in [-0.39, 0.29) is 11.5 Å². The standard InChI is InChI=1S/C32H38FN7O2/c33-23-14-31(9-3-12-40(31)18-23)20-41-30-37-27-15-32(10-1-5-22-6-7-26(36)24(17-35)28(22)32)42-19-25(27)29(38-30)39-11-2-4-21(16-34)8-13-39/h6-7,21,23H,1-5,8-15,18-20,36H2/t21-,23+,31-,32?/m0/s1. The average Bonchev–Trinajstić information content (AvgIpc) is 3.40. The molecule has 3 saturated heterocycles. The van der Waals surface area contributed by atoms with Crippen LogP contribution in [0.25, 0.3) is 0 Å². The van der Waals surface area contributed by atoms with Crippen molar-refractivity contribution < 1.29 is 13.9 Å². The Morgan fingerprint density at radius 2 is 2.02 bits per heavy atom. The van der Waals surface area contributed by atoms with Crippen molar-refractivity contribution >= 4 is 11.5 Å². The fourth-order valence-electron chi connectivity index (χ4n) is 8.25. The summed E-state index contributed by atoms with van der Waals surface area (Å²) in [6.45, 7) is 3.58. The molecule has 0 saturated carbocycles. The molecule has 2 aromatic rings. The van der Waals surface area contributed by atoms with E-state index in [0.717, 1.165) is 99.2 Å². The van der Waals surface area contributed by atoms with Gasteiger partial charge in [-0.15, -0.1) is 0 Å². The van der Waals surface area contributed by atoms with E-state index in [1.165, 1.54) is 0 Å². The van der Waals surface area contributed by atoms with Crippen LogP contribution in [0.3, 0.4) is 0 Å². The van der Waals surface area contributed by atoms with Gasteiger partial charge in [-0.3, -0.25) is 4.90 Å². The lowest BCUT2D eigenvalue weighted by atomic mass is 9.72. The number of aromatic nitrogens is 2. The summed E-state index contributed by atoms with van der Waals surface area (Å²) in [5.74, 6) is 0.850. The predicted octanol–water partition coefficient (Wildman–Crippen LogP) is 4.32. The number of rotatable bonds is 4. The van der Waals surface area contributed by atoms with Crippen molar-refractivity contribution in [2.45, 2.75) is 88.1 Å². The van der Waals surface area contributed by atoms with Crippen LogP contribution in [-0.4, -0.2) is 59.4 Å². The molecular weight excluding hydrogens is 533 g/mol. The summed E-state index contributed by atoms with van der Waals surface area (Å²) in [4.78, 5) is 14.5. The number of fused-ring (bicyclic) bond motifs is 4. The second-order valence-corrected chi connectivity index (χ2v) is 12.9. The maximum Gasteiger partial charge on any atom is 0.318 e. The molecule has 1 aliphatic carbocycles. The van der Waals surface area contributed by atoms with Gasteiger partial charge in [-0.2, -0.15) is 20.5 Å². The van der Waals surface area contributed by atoms with E-state index in [9.17, 15) is 14.9 Å². The van der Waals surface area contributed by atoms with Gasteiger partial charge >= 0.3 is 6.01 Å². The van der Waals surface area contributed by atoms with Gasteiger partial charge in [-0.1, -0.05) is 6.07 Å². The van der Waals surface area contributed by atoms with Crippen molar-refractivity contribution in [3.63, 3.8) is 0 Å². The Bertz CT molecular complexity index is 1470. The van der Waals surface area contributed by atoms with Crippen molar-refractivity contribution in [1.82, 2.24) is 14.9 Å². The third-order valence-electron chi connectivity index (χ3n) is 10.4. The van der Waals surface area contributed by atoms with Crippen LogP contribution in [0.5, 0.6) is 6.01 Å². The van der Waals surface area contributed by atoms with E-state index in [1.54, 1.807) is 0 Å². The lowest BCUT2D eigenvalue weighted by molar-refractivity contribution is -0.0857. The summed E-state index contributed by atoms with van der Waals surface area (Å²) < 4.78 is 27.6. The molecule has 42 heavy (non-hydrogen) atoms. The number of hydrogen-bond acceptors (Lipinski definition) is 9. The maximum absolute atomic E-state index is 14.5. The fraction of sp³-hybridized carbons (Fsp3) is 0.625. The minimum absolute atomic E-state index is 0.0416. The first-order valence-corrected chi connectivity index (χ1v) is 15.5. The highest BCUT2D eigenvalue weighted by Crippen LogP contribution is 2.48. The Kier molecular flexibility index (Phi) is 6.95. The van der Waals surface area contributed by atoms with Gasteiger partial charge in [0.1, 0.15) is 30.3 Å². The molecule has 0 radical (unpaired) electrons. The number of nitrogen functional groups attached to an aromatic ring is 1. The lowest BCUT2D eigenvalue weighted by Crippen LogP contribution is -2.44. The van der Waals surface area contributed by atoms with Gasteiger partial charge in [0.15, 0.2) is 0 Å². The largest absolute Gasteiger partial charge is 0.461 e. The van der Waals surface area contributed by atoms with Crippen LogP contribution in [0.1, 0.15) is 79.3 Å². The number of benzene rings is 1. The predicted molar refractivity (Wildman–Crippen MR) is 154 cm³/mol. The van der Waals surface area contributed by atoms with Crippen LogP contribution in [0, 0.1) is 28.6 Å². The Labute approximate surface area is 246 Å². The first kappa shape index (κ1) is 27.4. The highest BCUT2D eigenvalue weighted by molar-refractivity contribution is 5.63. The topological polar surface area (TPSA) is 124 Å². The Balaban J connectivity index is 1.26. The van der Waals surface area contributed by atoms with E-state index in [0.29, 0.717) is 49.9 Å². The van der Waals surface area contributed by atoms with Crippen LogP contribution < -0.4 is 15.4 Å². The number of aryl methyl sites for hydroxylation is 1. The molecule has 3 fully saturated rings. The summed E-state index contributed by atoms with van der Waals surface area (Å²) in [6.07, 6.45) is 7.29. The zero-order valence-electron chi connectivity index (χ0n) is 24.1. The molecule has 2 N–H and O–H groups in total. The van der Waals surface area contributed by atoms with E-state index < -0.39 is 11.8 Å². The van der Waals surface area contributed by atoms with E-state index in [4.69, 9.17) is 25.2 Å². The summed E-state index contributed by atoms with van der Waals surface area (Å²) in [5, 5.41) is 19.6. The Morgan fingerprint density at radius 1 is 1.12 bits per heavy atom. The molecule has 0 amide bonds. The van der Waals surface area contributed by atoms with Crippen LogP contribution in [0.4, 0.5) is 15.9 Å². The second-order valence-electron chi connectivity index (χ2n) is 12.9. The van der Waals surface area contributed by atoms with Gasteiger partial charge in [-0.05, 0) is 69.5 Å². The SMILES string of the molecule is N#Cc1c(N)ccc2c1C1(CCC2)Cc2nc(OC[C@@]34CCCN3C[C@H](F)C4)nc(N3CCC[C@H](C#N)CC3)c2CO1. The molecule has 220 valence electrons. The molecule has 1 aromatic carbocycles. The van der Waals surface area contributed by atoms with Crippen LogP contribution in [-0.2, 0) is 29.8 Å². The van der Waals surface area contributed by atoms with Crippen molar-refractivity contribution in [3.8, 4) is 18.1 Å². The molecule has 4 atom stereocenters. The molecule has 7 rings (SSSR count). The van der Waals surface area contributed by atoms with Gasteiger partial charge in [-0.25, -0.2) is 4.39 Å². The van der Waals surface area contributed by atoms with E-state index in [1.807, 2.05) is 12.1 Å². The summed E-state index contributed by atoms with van der Waals surface area (Å²) in [7, 11) is 0. The van der Waals surface area contributed by atoms with Gasteiger partial charge in [0.05, 0.1) is 29.5 Å². The van der Waals surface area contributed by atoms with E-state index in [2.05, 4.69) is 21.9 Å². The van der Waals surface area contributed by atoms with Crippen LogP contribution in [0.2, 0.25) is 0 Å². The molecule has 5 aliphatic rings. The number of alkyl halides is 1. The number of nitrogens with zero attached hydrogens (tertiary/aromatic N) is 6. The van der Waals surface area contributed by atoms with Gasteiger partial charge < -0.3 is 20.1 Å². The number of hydrogen-bond donors (Lipinski definition) is 1. The van der Waals surface area contributed by atoms with Crippen molar-refractivity contribution in [1.29, 1.82) is 10.5 Å². The number of nitriles is 2. The van der Waals surface area contributed by atoms with Crippen molar-refractivity contribution in [2.75, 3.05) is 43.4 Å². The fourth-order valence-corrected chi connectivity index (χ4v) is 8.25. The van der Waals surface area contributed by atoms with Gasteiger partial charge in [0.2, 0.25) is 0 Å². The number of ether oxygens (including phenoxy) is 2. The highest BCUT2D eigenvalue weighted by Gasteiger charge is 2.50. The molecule has 1 unspecified atom stereocenters. The van der Waals surface area contributed by atoms with E-state index >= 15 is 0 Å². The van der Waals surface area contributed by atoms with Crippen LogP contribution >= 0.6 is 0 Å². The van der Waals surface area contributed by atoms with Crippen molar-refractivity contribution in [3.05, 3.63) is 40.1 Å². The average molecular weight is 572 g/mol. The van der Waals surface area contributed by atoms with Crippen molar-refractivity contribution in [2.24, 2.45) is 5.92 Å². The van der Waals surface area contributed by atoms with Gasteiger partial charge in [0.25, 0.3) is 0 Å². The zero-order valence-corrected chi connectivity index (χ0v) is 24.1. The molecule has 5 heterocycles. The minimum atomic E-state index is -0.829.